The molecule has 96 valence electrons. The number of fused-ring (bicyclic) bond motifs is 1. The fraction of sp³-hybridized carbons (Fsp3) is 0.0833. The molecule has 0 unspecified atom stereocenters. The zero-order chi connectivity index (χ0) is 13.2. The standard InChI is InChI=1S/C12H10FN5O/c13-8-3-1-7(2-4-8)5-19-11-9-10(16-6-15-9)17-12(14)18-11/h1-4,6H,5H2,(H3,14,15,16,17,18). The van der Waals surface area contributed by atoms with Gasteiger partial charge in [-0.2, -0.15) is 9.97 Å². The Morgan fingerprint density at radius 2 is 2.00 bits per heavy atom. The Morgan fingerprint density at radius 1 is 1.21 bits per heavy atom. The highest BCUT2D eigenvalue weighted by Crippen LogP contribution is 2.20. The summed E-state index contributed by atoms with van der Waals surface area (Å²) in [6.45, 7) is 0.255. The van der Waals surface area contributed by atoms with Crippen LogP contribution in [0.25, 0.3) is 11.2 Å². The van der Waals surface area contributed by atoms with E-state index in [4.69, 9.17) is 10.5 Å². The number of rotatable bonds is 3. The van der Waals surface area contributed by atoms with E-state index in [0.717, 1.165) is 5.56 Å². The van der Waals surface area contributed by atoms with Gasteiger partial charge in [0, 0.05) is 0 Å². The summed E-state index contributed by atoms with van der Waals surface area (Å²) in [6.07, 6.45) is 1.49. The Balaban J connectivity index is 1.85. The van der Waals surface area contributed by atoms with Crippen LogP contribution in [0, 0.1) is 5.82 Å². The van der Waals surface area contributed by atoms with Crippen LogP contribution in [0.1, 0.15) is 5.56 Å². The maximum absolute atomic E-state index is 12.8. The van der Waals surface area contributed by atoms with Gasteiger partial charge in [0.1, 0.15) is 17.9 Å². The first-order chi connectivity index (χ1) is 9.22. The molecule has 0 spiro atoms. The topological polar surface area (TPSA) is 89.7 Å². The first-order valence-corrected chi connectivity index (χ1v) is 5.56. The highest BCUT2D eigenvalue weighted by Gasteiger charge is 2.09. The van der Waals surface area contributed by atoms with Gasteiger partial charge in [0.05, 0.1) is 6.33 Å². The summed E-state index contributed by atoms with van der Waals surface area (Å²) in [6, 6.07) is 6.03. The molecule has 6 nitrogen and oxygen atoms in total. The first-order valence-electron chi connectivity index (χ1n) is 5.56. The molecule has 0 saturated heterocycles. The number of aromatic amines is 1. The summed E-state index contributed by atoms with van der Waals surface area (Å²) in [4.78, 5) is 14.8. The molecule has 0 aliphatic heterocycles. The van der Waals surface area contributed by atoms with Crippen LogP contribution in [0.2, 0.25) is 0 Å². The number of hydrogen-bond donors (Lipinski definition) is 2. The molecule has 0 aliphatic carbocycles. The number of nitrogens with one attached hydrogen (secondary N) is 1. The van der Waals surface area contributed by atoms with Crippen molar-refractivity contribution in [3.05, 3.63) is 42.0 Å². The smallest absolute Gasteiger partial charge is 0.245 e. The minimum absolute atomic E-state index is 0.0914. The summed E-state index contributed by atoms with van der Waals surface area (Å²) >= 11 is 0. The van der Waals surface area contributed by atoms with E-state index in [2.05, 4.69) is 19.9 Å². The second-order valence-corrected chi connectivity index (χ2v) is 3.90. The Kier molecular flexibility index (Phi) is 2.71. The van der Waals surface area contributed by atoms with E-state index in [9.17, 15) is 4.39 Å². The second-order valence-electron chi connectivity index (χ2n) is 3.90. The van der Waals surface area contributed by atoms with Crippen LogP contribution < -0.4 is 10.5 Å². The van der Waals surface area contributed by atoms with Gasteiger partial charge in [0.25, 0.3) is 0 Å². The number of nitrogens with zero attached hydrogens (tertiary/aromatic N) is 3. The molecular weight excluding hydrogens is 249 g/mol. The minimum atomic E-state index is -0.286. The van der Waals surface area contributed by atoms with E-state index in [-0.39, 0.29) is 18.4 Å². The minimum Gasteiger partial charge on any atom is -0.471 e. The van der Waals surface area contributed by atoms with Gasteiger partial charge in [-0.15, -0.1) is 0 Å². The maximum atomic E-state index is 12.8. The molecule has 2 aromatic heterocycles. The molecule has 3 aromatic rings. The highest BCUT2D eigenvalue weighted by atomic mass is 19.1. The molecule has 3 rings (SSSR count). The number of nitrogen functional groups attached to an aromatic ring is 1. The Labute approximate surface area is 107 Å². The lowest BCUT2D eigenvalue weighted by atomic mass is 10.2. The van der Waals surface area contributed by atoms with Crippen molar-refractivity contribution in [2.24, 2.45) is 0 Å². The molecule has 0 atom stereocenters. The van der Waals surface area contributed by atoms with Gasteiger partial charge in [-0.25, -0.2) is 9.37 Å². The van der Waals surface area contributed by atoms with E-state index in [0.29, 0.717) is 17.0 Å². The van der Waals surface area contributed by atoms with Crippen molar-refractivity contribution >= 4 is 17.1 Å². The molecule has 1 aromatic carbocycles. The van der Waals surface area contributed by atoms with Crippen LogP contribution in [0.5, 0.6) is 5.88 Å². The van der Waals surface area contributed by atoms with Crippen LogP contribution in [0.3, 0.4) is 0 Å². The number of nitrogens with two attached hydrogens (primary N) is 1. The Morgan fingerprint density at radius 3 is 2.79 bits per heavy atom. The molecule has 0 bridgehead atoms. The molecule has 0 saturated carbocycles. The predicted molar refractivity (Wildman–Crippen MR) is 66.8 cm³/mol. The van der Waals surface area contributed by atoms with Crippen LogP contribution in [-0.2, 0) is 6.61 Å². The third-order valence-electron chi connectivity index (χ3n) is 2.56. The first kappa shape index (κ1) is 11.4. The van der Waals surface area contributed by atoms with Gasteiger partial charge in [-0.3, -0.25) is 0 Å². The van der Waals surface area contributed by atoms with E-state index < -0.39 is 0 Å². The van der Waals surface area contributed by atoms with Crippen LogP contribution in [0.4, 0.5) is 10.3 Å². The summed E-state index contributed by atoms with van der Waals surface area (Å²) in [5, 5.41) is 0. The lowest BCUT2D eigenvalue weighted by Gasteiger charge is -2.06. The molecule has 3 N–H and O–H groups in total. The Bertz CT molecular complexity index is 710. The van der Waals surface area contributed by atoms with E-state index in [1.165, 1.54) is 18.5 Å². The maximum Gasteiger partial charge on any atom is 0.245 e. The molecule has 0 amide bonds. The molecule has 0 radical (unpaired) electrons. The average molecular weight is 259 g/mol. The van der Waals surface area contributed by atoms with Gasteiger partial charge < -0.3 is 15.5 Å². The SMILES string of the molecule is Nc1nc(OCc2ccc(F)cc2)c2[nH]cnc2n1. The number of ether oxygens (including phenoxy) is 1. The van der Waals surface area contributed by atoms with Crippen molar-refractivity contribution in [1.82, 2.24) is 19.9 Å². The van der Waals surface area contributed by atoms with Gasteiger partial charge in [-0.1, -0.05) is 12.1 Å². The van der Waals surface area contributed by atoms with E-state index >= 15 is 0 Å². The summed E-state index contributed by atoms with van der Waals surface area (Å²) in [7, 11) is 0. The summed E-state index contributed by atoms with van der Waals surface area (Å²) in [5.41, 5.74) is 7.42. The summed E-state index contributed by atoms with van der Waals surface area (Å²) < 4.78 is 18.3. The lowest BCUT2D eigenvalue weighted by molar-refractivity contribution is 0.297. The molecule has 7 heteroatoms. The average Bonchev–Trinajstić information content (AvgIpc) is 2.85. The molecular formula is C12H10FN5O. The highest BCUT2D eigenvalue weighted by molar-refractivity contribution is 5.76. The van der Waals surface area contributed by atoms with Gasteiger partial charge in [0.15, 0.2) is 5.65 Å². The van der Waals surface area contributed by atoms with Crippen molar-refractivity contribution in [1.29, 1.82) is 0 Å². The molecule has 19 heavy (non-hydrogen) atoms. The normalized spacial score (nSPS) is 10.8. The number of halogens is 1. The zero-order valence-electron chi connectivity index (χ0n) is 9.80. The zero-order valence-corrected chi connectivity index (χ0v) is 9.80. The predicted octanol–water partition coefficient (Wildman–Crippen LogP) is 1.65. The van der Waals surface area contributed by atoms with Crippen molar-refractivity contribution < 1.29 is 9.13 Å². The van der Waals surface area contributed by atoms with Crippen molar-refractivity contribution in [2.45, 2.75) is 6.61 Å². The number of anilines is 1. The van der Waals surface area contributed by atoms with Crippen molar-refractivity contribution in [2.75, 3.05) is 5.73 Å². The van der Waals surface area contributed by atoms with Gasteiger partial charge in [0.2, 0.25) is 11.8 Å². The van der Waals surface area contributed by atoms with Crippen molar-refractivity contribution in [3.8, 4) is 5.88 Å². The largest absolute Gasteiger partial charge is 0.471 e. The third-order valence-corrected chi connectivity index (χ3v) is 2.56. The number of benzene rings is 1. The van der Waals surface area contributed by atoms with Gasteiger partial charge >= 0.3 is 0 Å². The molecule has 0 fully saturated rings. The lowest BCUT2D eigenvalue weighted by Crippen LogP contribution is -2.02. The fourth-order valence-corrected chi connectivity index (χ4v) is 1.66. The monoisotopic (exact) mass is 259 g/mol. The second kappa shape index (κ2) is 4.52. The molecule has 2 heterocycles. The van der Waals surface area contributed by atoms with Crippen molar-refractivity contribution in [3.63, 3.8) is 0 Å². The van der Waals surface area contributed by atoms with E-state index in [1.807, 2.05) is 0 Å². The number of aromatic nitrogens is 4. The third kappa shape index (κ3) is 2.30. The number of hydrogen-bond acceptors (Lipinski definition) is 5. The fourth-order valence-electron chi connectivity index (χ4n) is 1.66. The van der Waals surface area contributed by atoms with Crippen LogP contribution in [0.15, 0.2) is 30.6 Å². The Hall–Kier alpha value is -2.70. The number of H-pyrrole nitrogens is 1. The quantitative estimate of drug-likeness (QED) is 0.746. The van der Waals surface area contributed by atoms with Crippen LogP contribution in [-0.4, -0.2) is 19.9 Å². The summed E-state index contributed by atoms with van der Waals surface area (Å²) in [5.74, 6) is 0.129. The van der Waals surface area contributed by atoms with Crippen LogP contribution >= 0.6 is 0 Å². The van der Waals surface area contributed by atoms with Gasteiger partial charge in [-0.05, 0) is 17.7 Å². The molecule has 0 aliphatic rings. The number of imidazole rings is 1. The van der Waals surface area contributed by atoms with E-state index in [1.54, 1.807) is 12.1 Å².